The van der Waals surface area contributed by atoms with Crippen LogP contribution in [0.5, 0.6) is 5.75 Å². The number of aryl methyl sites for hydroxylation is 1. The van der Waals surface area contributed by atoms with Gasteiger partial charge in [0.25, 0.3) is 0 Å². The second kappa shape index (κ2) is 6.12. The highest BCUT2D eigenvalue weighted by Crippen LogP contribution is 2.16. The summed E-state index contributed by atoms with van der Waals surface area (Å²) in [4.78, 5) is 11.4. The number of aliphatic hydroxyl groups is 1. The Kier molecular flexibility index (Phi) is 4.79. The Hall–Kier alpha value is -1.55. The SMILES string of the molecule is CC(CO)NC(=O)CCc1ccccc1O. The topological polar surface area (TPSA) is 69.6 Å². The molecule has 1 amide bonds. The number of benzene rings is 1. The maximum absolute atomic E-state index is 11.4. The molecule has 0 aliphatic rings. The van der Waals surface area contributed by atoms with Crippen molar-refractivity contribution in [2.75, 3.05) is 6.61 Å². The van der Waals surface area contributed by atoms with Crippen LogP contribution in [0.15, 0.2) is 24.3 Å². The summed E-state index contributed by atoms with van der Waals surface area (Å²) in [6, 6.07) is 6.73. The fourth-order valence-corrected chi connectivity index (χ4v) is 1.36. The van der Waals surface area contributed by atoms with E-state index in [0.29, 0.717) is 12.8 Å². The van der Waals surface area contributed by atoms with Crippen molar-refractivity contribution in [3.63, 3.8) is 0 Å². The van der Waals surface area contributed by atoms with Crippen LogP contribution in [0.2, 0.25) is 0 Å². The lowest BCUT2D eigenvalue weighted by atomic mass is 10.1. The Morgan fingerprint density at radius 1 is 1.44 bits per heavy atom. The minimum Gasteiger partial charge on any atom is -0.508 e. The van der Waals surface area contributed by atoms with Gasteiger partial charge in [0.05, 0.1) is 6.61 Å². The Labute approximate surface area is 94.9 Å². The van der Waals surface area contributed by atoms with Crippen molar-refractivity contribution in [1.82, 2.24) is 5.32 Å². The summed E-state index contributed by atoms with van der Waals surface area (Å²) in [5, 5.41) is 20.9. The van der Waals surface area contributed by atoms with Crippen LogP contribution in [0.4, 0.5) is 0 Å². The number of carbonyl (C=O) groups excluding carboxylic acids is 1. The number of rotatable bonds is 5. The standard InChI is InChI=1S/C12H17NO3/c1-9(8-14)13-12(16)7-6-10-4-2-3-5-11(10)15/h2-5,9,14-15H,6-8H2,1H3,(H,13,16). The molecule has 0 aliphatic carbocycles. The Bertz CT molecular complexity index is 352. The quantitative estimate of drug-likeness (QED) is 0.692. The zero-order chi connectivity index (χ0) is 12.0. The van der Waals surface area contributed by atoms with Crippen LogP contribution in [-0.2, 0) is 11.2 Å². The maximum Gasteiger partial charge on any atom is 0.220 e. The monoisotopic (exact) mass is 223 g/mol. The number of hydrogen-bond donors (Lipinski definition) is 3. The van der Waals surface area contributed by atoms with E-state index in [2.05, 4.69) is 5.32 Å². The highest BCUT2D eigenvalue weighted by Gasteiger charge is 2.07. The molecular formula is C12H17NO3. The predicted molar refractivity (Wildman–Crippen MR) is 61.1 cm³/mol. The molecule has 16 heavy (non-hydrogen) atoms. The minimum atomic E-state index is -0.225. The van der Waals surface area contributed by atoms with E-state index in [1.54, 1.807) is 25.1 Å². The summed E-state index contributed by atoms with van der Waals surface area (Å²) in [5.74, 6) is 0.0929. The van der Waals surface area contributed by atoms with Crippen molar-refractivity contribution in [2.24, 2.45) is 0 Å². The molecule has 4 heteroatoms. The molecule has 88 valence electrons. The van der Waals surface area contributed by atoms with Gasteiger partial charge in [0.1, 0.15) is 5.75 Å². The third kappa shape index (κ3) is 3.90. The summed E-state index contributed by atoms with van der Waals surface area (Å²) in [6.07, 6.45) is 0.804. The molecule has 0 saturated carbocycles. The van der Waals surface area contributed by atoms with Crippen LogP contribution < -0.4 is 5.32 Å². The summed E-state index contributed by atoms with van der Waals surface area (Å²) < 4.78 is 0. The smallest absolute Gasteiger partial charge is 0.220 e. The van der Waals surface area contributed by atoms with Gasteiger partial charge in [-0.05, 0) is 25.0 Å². The predicted octanol–water partition coefficient (Wildman–Crippen LogP) is 0.822. The third-order valence-electron chi connectivity index (χ3n) is 2.29. The van der Waals surface area contributed by atoms with Gasteiger partial charge in [0, 0.05) is 12.5 Å². The molecule has 0 fully saturated rings. The number of phenolic OH excluding ortho intramolecular Hbond substituents is 1. The average Bonchev–Trinajstić information content (AvgIpc) is 2.28. The molecule has 0 aliphatic heterocycles. The maximum atomic E-state index is 11.4. The van der Waals surface area contributed by atoms with E-state index in [1.165, 1.54) is 0 Å². The van der Waals surface area contributed by atoms with E-state index in [-0.39, 0.29) is 24.3 Å². The number of carbonyl (C=O) groups is 1. The van der Waals surface area contributed by atoms with Gasteiger partial charge >= 0.3 is 0 Å². The Balaban J connectivity index is 2.40. The van der Waals surface area contributed by atoms with Crippen molar-refractivity contribution in [3.8, 4) is 5.75 Å². The van der Waals surface area contributed by atoms with E-state index < -0.39 is 0 Å². The summed E-state index contributed by atoms with van der Waals surface area (Å²) in [7, 11) is 0. The zero-order valence-electron chi connectivity index (χ0n) is 9.31. The molecule has 0 radical (unpaired) electrons. The van der Waals surface area contributed by atoms with Crippen LogP contribution in [0.25, 0.3) is 0 Å². The molecule has 1 rings (SSSR count). The fourth-order valence-electron chi connectivity index (χ4n) is 1.36. The second-order valence-corrected chi connectivity index (χ2v) is 3.78. The van der Waals surface area contributed by atoms with Gasteiger partial charge < -0.3 is 15.5 Å². The normalized spacial score (nSPS) is 12.1. The minimum absolute atomic E-state index is 0.0671. The Morgan fingerprint density at radius 2 is 2.12 bits per heavy atom. The lowest BCUT2D eigenvalue weighted by Crippen LogP contribution is -2.35. The number of nitrogens with one attached hydrogen (secondary N) is 1. The van der Waals surface area contributed by atoms with Gasteiger partial charge in [-0.1, -0.05) is 18.2 Å². The molecule has 1 aromatic rings. The number of para-hydroxylation sites is 1. The first-order valence-electron chi connectivity index (χ1n) is 5.30. The van der Waals surface area contributed by atoms with E-state index >= 15 is 0 Å². The third-order valence-corrected chi connectivity index (χ3v) is 2.29. The van der Waals surface area contributed by atoms with Crippen molar-refractivity contribution < 1.29 is 15.0 Å². The molecule has 4 nitrogen and oxygen atoms in total. The molecule has 0 aromatic heterocycles. The molecular weight excluding hydrogens is 206 g/mol. The van der Waals surface area contributed by atoms with Crippen molar-refractivity contribution in [1.29, 1.82) is 0 Å². The zero-order valence-corrected chi connectivity index (χ0v) is 9.31. The lowest BCUT2D eigenvalue weighted by molar-refractivity contribution is -0.121. The van der Waals surface area contributed by atoms with Gasteiger partial charge in [0.15, 0.2) is 0 Å². The highest BCUT2D eigenvalue weighted by atomic mass is 16.3. The van der Waals surface area contributed by atoms with Crippen molar-refractivity contribution in [3.05, 3.63) is 29.8 Å². The average molecular weight is 223 g/mol. The first kappa shape index (κ1) is 12.5. The van der Waals surface area contributed by atoms with E-state index in [1.807, 2.05) is 6.07 Å². The fraction of sp³-hybridized carbons (Fsp3) is 0.417. The summed E-state index contributed by atoms with van der Waals surface area (Å²) in [6.45, 7) is 1.67. The van der Waals surface area contributed by atoms with Gasteiger partial charge in [-0.25, -0.2) is 0 Å². The van der Waals surface area contributed by atoms with E-state index in [9.17, 15) is 9.90 Å². The number of aromatic hydroxyl groups is 1. The molecule has 0 saturated heterocycles. The molecule has 3 N–H and O–H groups in total. The van der Waals surface area contributed by atoms with Crippen LogP contribution in [0.3, 0.4) is 0 Å². The first-order valence-corrected chi connectivity index (χ1v) is 5.30. The lowest BCUT2D eigenvalue weighted by Gasteiger charge is -2.10. The summed E-state index contributed by atoms with van der Waals surface area (Å²) >= 11 is 0. The van der Waals surface area contributed by atoms with Crippen molar-refractivity contribution >= 4 is 5.91 Å². The van der Waals surface area contributed by atoms with E-state index in [0.717, 1.165) is 5.56 Å². The summed E-state index contributed by atoms with van der Waals surface area (Å²) in [5.41, 5.74) is 0.759. The van der Waals surface area contributed by atoms with Crippen LogP contribution in [0, 0.1) is 0 Å². The van der Waals surface area contributed by atoms with Crippen molar-refractivity contribution in [2.45, 2.75) is 25.8 Å². The van der Waals surface area contributed by atoms with Crippen LogP contribution >= 0.6 is 0 Å². The molecule has 0 heterocycles. The largest absolute Gasteiger partial charge is 0.508 e. The van der Waals surface area contributed by atoms with Gasteiger partial charge in [0.2, 0.25) is 5.91 Å². The van der Waals surface area contributed by atoms with E-state index in [4.69, 9.17) is 5.11 Å². The van der Waals surface area contributed by atoms with Gasteiger partial charge in [-0.2, -0.15) is 0 Å². The number of aliphatic hydroxyl groups excluding tert-OH is 1. The number of hydrogen-bond acceptors (Lipinski definition) is 3. The highest BCUT2D eigenvalue weighted by molar-refractivity contribution is 5.76. The first-order chi connectivity index (χ1) is 7.63. The van der Waals surface area contributed by atoms with Crippen LogP contribution in [-0.4, -0.2) is 28.8 Å². The molecule has 0 spiro atoms. The molecule has 1 atom stereocenters. The van der Waals surface area contributed by atoms with Gasteiger partial charge in [-0.3, -0.25) is 4.79 Å². The van der Waals surface area contributed by atoms with Gasteiger partial charge in [-0.15, -0.1) is 0 Å². The Morgan fingerprint density at radius 3 is 2.75 bits per heavy atom. The molecule has 1 unspecified atom stereocenters. The molecule has 0 bridgehead atoms. The number of phenols is 1. The second-order valence-electron chi connectivity index (χ2n) is 3.78. The molecule has 1 aromatic carbocycles. The number of amides is 1. The van der Waals surface area contributed by atoms with Crippen LogP contribution in [0.1, 0.15) is 18.9 Å².